The van der Waals surface area contributed by atoms with Gasteiger partial charge in [-0.3, -0.25) is 0 Å². The molecule has 5 rings (SSSR count). The van der Waals surface area contributed by atoms with Gasteiger partial charge in [0, 0.05) is 44.9 Å². The van der Waals surface area contributed by atoms with Gasteiger partial charge in [-0.25, -0.2) is 32.6 Å². The predicted molar refractivity (Wildman–Crippen MR) is 126 cm³/mol. The third kappa shape index (κ3) is 4.20. The smallest absolute Gasteiger partial charge is 0.341 e. The van der Waals surface area contributed by atoms with Crippen LogP contribution in [0.15, 0.2) is 29.5 Å². The highest BCUT2D eigenvalue weighted by atomic mass is 19.1. The van der Waals surface area contributed by atoms with Crippen LogP contribution < -0.4 is 10.6 Å². The molecule has 2 N–H and O–H groups in total. The number of hydrogen-bond donors (Lipinski definition) is 1. The number of carbonyl (C=O) groups excluding carboxylic acids is 1. The van der Waals surface area contributed by atoms with Crippen molar-refractivity contribution in [2.75, 3.05) is 36.8 Å². The summed E-state index contributed by atoms with van der Waals surface area (Å²) in [5.74, 6) is -1.76. The van der Waals surface area contributed by atoms with Crippen LogP contribution in [-0.2, 0) is 0 Å². The molecule has 0 unspecified atom stereocenters. The van der Waals surface area contributed by atoms with Crippen molar-refractivity contribution >= 4 is 23.9 Å². The van der Waals surface area contributed by atoms with E-state index in [0.29, 0.717) is 61.2 Å². The fraction of sp³-hybridized carbons (Fsp3) is 0.348. The lowest BCUT2D eigenvalue weighted by atomic mass is 10.0. The van der Waals surface area contributed by atoms with E-state index in [9.17, 15) is 18.0 Å². The lowest BCUT2D eigenvalue weighted by Gasteiger charge is -2.37. The Balaban J connectivity index is 1.29. The van der Waals surface area contributed by atoms with E-state index in [1.54, 1.807) is 25.0 Å². The normalized spacial score (nSPS) is 17.8. The first kappa shape index (κ1) is 23.6. The second-order valence-corrected chi connectivity index (χ2v) is 8.69. The molecule has 1 aromatic carbocycles. The van der Waals surface area contributed by atoms with Gasteiger partial charge < -0.3 is 15.5 Å². The summed E-state index contributed by atoms with van der Waals surface area (Å²) in [6.07, 6.45) is 3.00. The first-order chi connectivity index (χ1) is 17.2. The zero-order valence-electron chi connectivity index (χ0n) is 19.7. The number of urea groups is 1. The molecule has 1 saturated heterocycles. The lowest BCUT2D eigenvalue weighted by Crippen LogP contribution is -2.52. The number of benzene rings is 1. The monoisotopic (exact) mass is 499 g/mol. The number of aryl methyl sites for hydroxylation is 1. The van der Waals surface area contributed by atoms with Crippen molar-refractivity contribution in [3.05, 3.63) is 58.8 Å². The molecular formula is C23H24F3N9O. The minimum atomic E-state index is -0.709. The van der Waals surface area contributed by atoms with Crippen LogP contribution in [0.5, 0.6) is 0 Å². The summed E-state index contributed by atoms with van der Waals surface area (Å²) in [5.41, 5.74) is 7.93. The number of halogens is 3. The first-order valence-electron chi connectivity index (χ1n) is 11.4. The molecule has 13 heteroatoms. The molecule has 3 aromatic rings. The van der Waals surface area contributed by atoms with E-state index >= 15 is 0 Å². The Kier molecular flexibility index (Phi) is 5.98. The van der Waals surface area contributed by atoms with Gasteiger partial charge in [0.05, 0.1) is 29.3 Å². The van der Waals surface area contributed by atoms with Gasteiger partial charge in [-0.05, 0) is 31.5 Å². The number of aromatic nitrogens is 4. The molecule has 0 saturated carbocycles. The van der Waals surface area contributed by atoms with E-state index in [2.05, 4.69) is 20.2 Å². The van der Waals surface area contributed by atoms with Gasteiger partial charge in [0.15, 0.2) is 11.6 Å². The van der Waals surface area contributed by atoms with Crippen molar-refractivity contribution in [3.63, 3.8) is 0 Å². The fourth-order valence-corrected chi connectivity index (χ4v) is 4.40. The number of nitrogens with zero attached hydrogens (tertiary/aromatic N) is 8. The maximum absolute atomic E-state index is 14.5. The standard InChI is InChI=1S/C23H24F3N9O/c1-13-20(27)14(2)34(31-13)21-18(26)12-28-22(30-21)32-5-7-33(8-6-32)23(36)35-19(3-4-29-35)15-9-16(24)11-17(25)10-15/h4,9-12,19H,3,5-8,27H2,1-2H3/t19-/m0/s1. The summed E-state index contributed by atoms with van der Waals surface area (Å²) >= 11 is 0. The number of nitrogen functional groups attached to an aromatic ring is 1. The molecule has 188 valence electrons. The molecule has 0 spiro atoms. The number of hydrazone groups is 1. The van der Waals surface area contributed by atoms with Gasteiger partial charge in [0.1, 0.15) is 11.6 Å². The van der Waals surface area contributed by atoms with Crippen molar-refractivity contribution in [3.8, 4) is 5.82 Å². The molecule has 1 fully saturated rings. The highest BCUT2D eigenvalue weighted by Crippen LogP contribution is 2.30. The third-order valence-corrected chi connectivity index (χ3v) is 6.39. The SMILES string of the molecule is Cc1nn(-c2nc(N3CCN(C(=O)N4N=CC[C@H]4c4cc(F)cc(F)c4)CC3)ncc2F)c(C)c1N. The Morgan fingerprint density at radius 1 is 1.06 bits per heavy atom. The van der Waals surface area contributed by atoms with Crippen LogP contribution >= 0.6 is 0 Å². The quantitative estimate of drug-likeness (QED) is 0.594. The summed E-state index contributed by atoms with van der Waals surface area (Å²) in [7, 11) is 0. The summed E-state index contributed by atoms with van der Waals surface area (Å²) in [4.78, 5) is 25.1. The molecule has 4 heterocycles. The van der Waals surface area contributed by atoms with Crippen molar-refractivity contribution < 1.29 is 18.0 Å². The molecule has 0 radical (unpaired) electrons. The van der Waals surface area contributed by atoms with E-state index in [1.165, 1.54) is 21.8 Å². The second-order valence-electron chi connectivity index (χ2n) is 8.69. The molecule has 10 nitrogen and oxygen atoms in total. The van der Waals surface area contributed by atoms with Gasteiger partial charge in [0.25, 0.3) is 0 Å². The molecule has 0 aliphatic carbocycles. The lowest BCUT2D eigenvalue weighted by molar-refractivity contribution is 0.139. The van der Waals surface area contributed by atoms with Crippen LogP contribution in [-0.4, -0.2) is 68.1 Å². The second kappa shape index (κ2) is 9.13. The number of piperazine rings is 1. The van der Waals surface area contributed by atoms with Crippen molar-refractivity contribution in [1.82, 2.24) is 29.7 Å². The minimum Gasteiger partial charge on any atom is -0.396 e. The Hall–Kier alpha value is -4.16. The van der Waals surface area contributed by atoms with Crippen molar-refractivity contribution in [2.45, 2.75) is 26.3 Å². The van der Waals surface area contributed by atoms with E-state index in [0.717, 1.165) is 12.3 Å². The van der Waals surface area contributed by atoms with Gasteiger partial charge >= 0.3 is 6.03 Å². The van der Waals surface area contributed by atoms with Crippen LogP contribution in [0.25, 0.3) is 5.82 Å². The maximum Gasteiger partial charge on any atom is 0.341 e. The molecular weight excluding hydrogens is 475 g/mol. The van der Waals surface area contributed by atoms with Crippen molar-refractivity contribution in [1.29, 1.82) is 0 Å². The van der Waals surface area contributed by atoms with Crippen LogP contribution in [0.3, 0.4) is 0 Å². The van der Waals surface area contributed by atoms with Gasteiger partial charge in [0.2, 0.25) is 5.95 Å². The highest BCUT2D eigenvalue weighted by Gasteiger charge is 2.34. The Bertz CT molecular complexity index is 1330. The fourth-order valence-electron chi connectivity index (χ4n) is 4.40. The highest BCUT2D eigenvalue weighted by molar-refractivity contribution is 5.78. The van der Waals surface area contributed by atoms with E-state index in [1.807, 2.05) is 4.90 Å². The average Bonchev–Trinajstić information content (AvgIpc) is 3.45. The maximum atomic E-state index is 14.5. The molecule has 2 aliphatic heterocycles. The Morgan fingerprint density at radius 2 is 1.75 bits per heavy atom. The molecule has 2 amide bonds. The van der Waals surface area contributed by atoms with Crippen LogP contribution in [0.4, 0.5) is 29.6 Å². The molecule has 1 atom stereocenters. The molecule has 0 bridgehead atoms. The van der Waals surface area contributed by atoms with Crippen molar-refractivity contribution in [2.24, 2.45) is 5.10 Å². The number of amides is 2. The number of hydrogen-bond acceptors (Lipinski definition) is 7. The van der Waals surface area contributed by atoms with E-state index in [4.69, 9.17) is 5.73 Å². The van der Waals surface area contributed by atoms with Crippen LogP contribution in [0.1, 0.15) is 29.4 Å². The number of rotatable bonds is 3. The molecule has 2 aliphatic rings. The average molecular weight is 500 g/mol. The summed E-state index contributed by atoms with van der Waals surface area (Å²) in [6, 6.07) is 2.26. The number of carbonyl (C=O) groups is 1. The Labute approximate surface area is 204 Å². The van der Waals surface area contributed by atoms with Gasteiger partial charge in [-0.2, -0.15) is 15.2 Å². The topological polar surface area (TPSA) is 109 Å². The third-order valence-electron chi connectivity index (χ3n) is 6.39. The minimum absolute atomic E-state index is 0.00706. The van der Waals surface area contributed by atoms with Crippen LogP contribution in [0.2, 0.25) is 0 Å². The summed E-state index contributed by atoms with van der Waals surface area (Å²) in [5, 5.41) is 9.68. The van der Waals surface area contributed by atoms with Gasteiger partial charge in [-0.15, -0.1) is 0 Å². The largest absolute Gasteiger partial charge is 0.396 e. The van der Waals surface area contributed by atoms with E-state index in [-0.39, 0.29) is 11.8 Å². The zero-order valence-corrected chi connectivity index (χ0v) is 19.7. The first-order valence-corrected chi connectivity index (χ1v) is 11.4. The van der Waals surface area contributed by atoms with Gasteiger partial charge in [-0.1, -0.05) is 0 Å². The number of nitrogens with two attached hydrogens (primary N) is 1. The predicted octanol–water partition coefficient (Wildman–Crippen LogP) is 2.95. The molecule has 2 aromatic heterocycles. The van der Waals surface area contributed by atoms with E-state index < -0.39 is 23.5 Å². The van der Waals surface area contributed by atoms with Crippen LogP contribution in [0, 0.1) is 31.3 Å². The number of anilines is 2. The zero-order chi connectivity index (χ0) is 25.6. The summed E-state index contributed by atoms with van der Waals surface area (Å²) < 4.78 is 43.4. The molecule has 36 heavy (non-hydrogen) atoms. The Morgan fingerprint density at radius 3 is 2.39 bits per heavy atom. The summed E-state index contributed by atoms with van der Waals surface area (Å²) in [6.45, 7) is 4.91.